The van der Waals surface area contributed by atoms with Crippen LogP contribution in [0.5, 0.6) is 23.0 Å². The summed E-state index contributed by atoms with van der Waals surface area (Å²) in [6, 6.07) is 26.5. The second kappa shape index (κ2) is 16.8. The van der Waals surface area contributed by atoms with Crippen molar-refractivity contribution in [3.63, 3.8) is 0 Å². The number of nitrogens with zero attached hydrogens (tertiary/aromatic N) is 1. The van der Waals surface area contributed by atoms with Crippen LogP contribution in [0.3, 0.4) is 0 Å². The van der Waals surface area contributed by atoms with Crippen molar-refractivity contribution in [2.75, 3.05) is 51.0 Å². The Labute approximate surface area is 328 Å². The molecule has 0 spiro atoms. The van der Waals surface area contributed by atoms with Gasteiger partial charge < -0.3 is 30.0 Å². The number of carbonyl (C=O) groups is 4. The summed E-state index contributed by atoms with van der Waals surface area (Å²) in [5.41, 5.74) is 2.61. The third-order valence-electron chi connectivity index (χ3n) is 9.58. The van der Waals surface area contributed by atoms with Gasteiger partial charge in [0.1, 0.15) is 35.6 Å². The van der Waals surface area contributed by atoms with Crippen molar-refractivity contribution < 1.29 is 46.9 Å². The van der Waals surface area contributed by atoms with Crippen LogP contribution < -0.4 is 25.4 Å². The molecule has 5 aromatic carbocycles. The fraction of sp³-hybridized carbons (Fsp3) is 0.238. The van der Waals surface area contributed by atoms with E-state index in [-0.39, 0.29) is 34.6 Å². The normalized spacial score (nSPS) is 15.5. The quantitative estimate of drug-likeness (QED) is 0.0782. The maximum absolute atomic E-state index is 13.0. The Morgan fingerprint density at radius 3 is 2.23 bits per heavy atom. The lowest BCUT2D eigenvalue weighted by atomic mass is 9.99. The zero-order chi connectivity index (χ0) is 40.1. The predicted octanol–water partition coefficient (Wildman–Crippen LogP) is 4.91. The van der Waals surface area contributed by atoms with E-state index in [1.165, 1.54) is 6.26 Å². The number of anilines is 1. The molecule has 0 saturated carbocycles. The average molecular weight is 793 g/mol. The number of rotatable bonds is 16. The fourth-order valence-corrected chi connectivity index (χ4v) is 7.32. The average Bonchev–Trinajstić information content (AvgIpc) is 3.43. The molecule has 0 bridgehead atoms. The van der Waals surface area contributed by atoms with Gasteiger partial charge in [0.2, 0.25) is 11.8 Å². The number of aromatic hydroxyl groups is 1. The zero-order valence-electron chi connectivity index (χ0n) is 30.9. The van der Waals surface area contributed by atoms with Gasteiger partial charge in [-0.3, -0.25) is 29.4 Å². The van der Waals surface area contributed by atoms with E-state index in [1.807, 2.05) is 24.3 Å². The van der Waals surface area contributed by atoms with Crippen molar-refractivity contribution in [3.8, 4) is 34.1 Å². The summed E-state index contributed by atoms with van der Waals surface area (Å²) >= 11 is 0. The van der Waals surface area contributed by atoms with Crippen molar-refractivity contribution >= 4 is 49.9 Å². The molecule has 0 aromatic heterocycles. The molecule has 15 heteroatoms. The third-order valence-corrected chi connectivity index (χ3v) is 10.7. The number of sulfone groups is 1. The van der Waals surface area contributed by atoms with Crippen molar-refractivity contribution in [2.45, 2.75) is 23.8 Å². The van der Waals surface area contributed by atoms with E-state index < -0.39 is 39.5 Å². The molecular formula is C42H40N4O10S. The van der Waals surface area contributed by atoms with Gasteiger partial charge in [0.25, 0.3) is 11.8 Å². The number of phenolic OH excluding ortho intramolecular Hbond substituents is 1. The summed E-state index contributed by atoms with van der Waals surface area (Å²) in [5, 5.41) is 20.3. The summed E-state index contributed by atoms with van der Waals surface area (Å²) in [6.45, 7) is 2.93. The first-order valence-electron chi connectivity index (χ1n) is 18.3. The first kappa shape index (κ1) is 39.0. The number of carbonyl (C=O) groups excluding carboxylic acids is 4. The van der Waals surface area contributed by atoms with E-state index in [1.54, 1.807) is 72.8 Å². The molecule has 1 fully saturated rings. The van der Waals surface area contributed by atoms with Crippen LogP contribution in [0.15, 0.2) is 102 Å². The third kappa shape index (κ3) is 8.91. The number of ether oxygens (including phenoxy) is 3. The minimum absolute atomic E-state index is 0.0632. The molecule has 294 valence electrons. The number of benzene rings is 5. The molecular weight excluding hydrogens is 753 g/mol. The highest BCUT2D eigenvalue weighted by molar-refractivity contribution is 7.90. The predicted molar refractivity (Wildman–Crippen MR) is 211 cm³/mol. The summed E-state index contributed by atoms with van der Waals surface area (Å²) in [7, 11) is -3.35. The topological polar surface area (TPSA) is 190 Å². The Balaban J connectivity index is 0.832. The van der Waals surface area contributed by atoms with Crippen LogP contribution >= 0.6 is 0 Å². The Kier molecular flexibility index (Phi) is 11.5. The van der Waals surface area contributed by atoms with Crippen LogP contribution in [0.2, 0.25) is 0 Å². The van der Waals surface area contributed by atoms with Crippen LogP contribution in [0, 0.1) is 0 Å². The second-order valence-corrected chi connectivity index (χ2v) is 15.6. The minimum Gasteiger partial charge on any atom is -0.508 e. The number of nitrogens with one attached hydrogen (secondary N) is 3. The summed E-state index contributed by atoms with van der Waals surface area (Å²) < 4.78 is 42.0. The Hall–Kier alpha value is -6.29. The largest absolute Gasteiger partial charge is 0.508 e. The van der Waals surface area contributed by atoms with Crippen molar-refractivity contribution in [1.29, 1.82) is 0 Å². The van der Waals surface area contributed by atoms with Gasteiger partial charge in [0.15, 0.2) is 9.84 Å². The smallest absolute Gasteiger partial charge is 0.262 e. The van der Waals surface area contributed by atoms with E-state index >= 15 is 0 Å². The number of hydrogen-bond acceptors (Lipinski definition) is 12. The van der Waals surface area contributed by atoms with Crippen molar-refractivity contribution in [3.05, 3.63) is 108 Å². The molecule has 0 aliphatic carbocycles. The summed E-state index contributed by atoms with van der Waals surface area (Å²) in [5.74, 6) is -0.246. The van der Waals surface area contributed by atoms with Crippen LogP contribution in [-0.2, 0) is 24.2 Å². The first-order chi connectivity index (χ1) is 27.5. The first-order valence-corrected chi connectivity index (χ1v) is 20.2. The maximum atomic E-state index is 13.0. The standard InChI is InChI=1S/C42H40N4O10S/c1-57(52,53)32-11-2-26(3-12-32)33-13-4-27-24-29(47)6-15-34(27)39(33)56-31-9-7-30(8-10-31)55-23-19-43-18-21-54-22-20-44-28-5-14-35-36(25-28)42(51)46(41(35)50)37-16-17-38(48)45-40(37)49/h2-15,24-25,37,43-44,47H,16-23H2,1H3,(H,45,48,49). The molecule has 2 aliphatic heterocycles. The number of fused-ring (bicyclic) bond motifs is 2. The molecule has 1 saturated heterocycles. The zero-order valence-corrected chi connectivity index (χ0v) is 31.8. The maximum Gasteiger partial charge on any atom is 0.262 e. The van der Waals surface area contributed by atoms with Crippen LogP contribution in [0.4, 0.5) is 5.69 Å². The van der Waals surface area contributed by atoms with Crippen LogP contribution in [0.1, 0.15) is 33.6 Å². The van der Waals surface area contributed by atoms with Gasteiger partial charge in [0, 0.05) is 48.9 Å². The lowest BCUT2D eigenvalue weighted by Crippen LogP contribution is -2.54. The highest BCUT2D eigenvalue weighted by Crippen LogP contribution is 2.41. The number of phenols is 1. The molecule has 4 amide bonds. The minimum atomic E-state index is -3.35. The molecule has 1 atom stereocenters. The molecule has 14 nitrogen and oxygen atoms in total. The molecule has 2 heterocycles. The molecule has 0 radical (unpaired) electrons. The van der Waals surface area contributed by atoms with Gasteiger partial charge in [-0.1, -0.05) is 18.2 Å². The Bertz CT molecular complexity index is 2450. The van der Waals surface area contributed by atoms with Gasteiger partial charge in [-0.2, -0.15) is 0 Å². The number of imide groups is 2. The highest BCUT2D eigenvalue weighted by Gasteiger charge is 2.44. The number of amides is 4. The molecule has 7 rings (SSSR count). The molecule has 5 aromatic rings. The van der Waals surface area contributed by atoms with Gasteiger partial charge >= 0.3 is 0 Å². The van der Waals surface area contributed by atoms with Gasteiger partial charge in [-0.15, -0.1) is 0 Å². The highest BCUT2D eigenvalue weighted by atomic mass is 32.2. The molecule has 1 unspecified atom stereocenters. The van der Waals surface area contributed by atoms with E-state index in [0.29, 0.717) is 62.4 Å². The SMILES string of the molecule is CS(=O)(=O)c1ccc(-c2ccc3cc(O)ccc3c2Oc2ccc(OCCNCCOCCNc3ccc4c(c3)C(=O)N(C3CCC(=O)NC3=O)C4=O)cc2)cc1. The van der Waals surface area contributed by atoms with Crippen LogP contribution in [0.25, 0.3) is 21.9 Å². The van der Waals surface area contributed by atoms with Gasteiger partial charge in [-0.25, -0.2) is 8.42 Å². The van der Waals surface area contributed by atoms with E-state index in [2.05, 4.69) is 16.0 Å². The summed E-state index contributed by atoms with van der Waals surface area (Å²) in [6.07, 6.45) is 1.33. The summed E-state index contributed by atoms with van der Waals surface area (Å²) in [4.78, 5) is 50.9. The lowest BCUT2D eigenvalue weighted by Gasteiger charge is -2.27. The van der Waals surface area contributed by atoms with E-state index in [9.17, 15) is 32.7 Å². The van der Waals surface area contributed by atoms with E-state index in [0.717, 1.165) is 26.8 Å². The lowest BCUT2D eigenvalue weighted by molar-refractivity contribution is -0.136. The monoisotopic (exact) mass is 792 g/mol. The molecule has 4 N–H and O–H groups in total. The number of piperidine rings is 1. The van der Waals surface area contributed by atoms with Crippen molar-refractivity contribution in [2.24, 2.45) is 0 Å². The van der Waals surface area contributed by atoms with Crippen molar-refractivity contribution in [1.82, 2.24) is 15.5 Å². The fourth-order valence-electron chi connectivity index (χ4n) is 6.69. The molecule has 2 aliphatic rings. The van der Waals surface area contributed by atoms with E-state index in [4.69, 9.17) is 14.2 Å². The number of hydrogen-bond donors (Lipinski definition) is 4. The van der Waals surface area contributed by atoms with Crippen LogP contribution in [-0.4, -0.2) is 93.8 Å². The Morgan fingerprint density at radius 2 is 1.47 bits per heavy atom. The second-order valence-electron chi connectivity index (χ2n) is 13.6. The van der Waals surface area contributed by atoms with Gasteiger partial charge in [0.05, 0.1) is 29.2 Å². The molecule has 57 heavy (non-hydrogen) atoms. The Morgan fingerprint density at radius 1 is 0.772 bits per heavy atom. The van der Waals surface area contributed by atoms with Gasteiger partial charge in [-0.05, 0) is 96.2 Å².